The molecule has 2 heterocycles. The van der Waals surface area contributed by atoms with Crippen molar-refractivity contribution in [3.63, 3.8) is 0 Å². The van der Waals surface area contributed by atoms with Crippen molar-refractivity contribution < 1.29 is 0 Å². The highest BCUT2D eigenvalue weighted by Gasteiger charge is 2.10. The first-order valence-electron chi connectivity index (χ1n) is 9.66. The van der Waals surface area contributed by atoms with Crippen LogP contribution >= 0.6 is 0 Å². The number of nitrogens with zero attached hydrogens (tertiary/aromatic N) is 6. The van der Waals surface area contributed by atoms with Gasteiger partial charge >= 0.3 is 0 Å². The Morgan fingerprint density at radius 3 is 2.82 bits per heavy atom. The largest absolute Gasteiger partial charge is 0.357 e. The number of nitrogens with one attached hydrogen (secondary N) is 2. The Morgan fingerprint density at radius 1 is 1.25 bits per heavy atom. The average molecular weight is 380 g/mol. The molecule has 0 amide bonds. The number of aryl methyl sites for hydroxylation is 1. The maximum absolute atomic E-state index is 4.74. The van der Waals surface area contributed by atoms with Gasteiger partial charge in [-0.15, -0.1) is 10.2 Å². The second-order valence-corrected chi connectivity index (χ2v) is 6.50. The number of aromatic nitrogens is 5. The Balaban J connectivity index is 1.62. The lowest BCUT2D eigenvalue weighted by atomic mass is 10.2. The van der Waals surface area contributed by atoms with Crippen molar-refractivity contribution in [3.05, 3.63) is 54.5 Å². The lowest BCUT2D eigenvalue weighted by Gasteiger charge is -2.21. The first-order valence-corrected chi connectivity index (χ1v) is 9.66. The van der Waals surface area contributed by atoms with Crippen molar-refractivity contribution in [3.8, 4) is 11.3 Å². The van der Waals surface area contributed by atoms with Crippen LogP contribution in [0.2, 0.25) is 0 Å². The van der Waals surface area contributed by atoms with Crippen LogP contribution in [-0.2, 0) is 19.5 Å². The summed E-state index contributed by atoms with van der Waals surface area (Å²) in [4.78, 5) is 14.7. The Morgan fingerprint density at radius 2 is 2.07 bits per heavy atom. The van der Waals surface area contributed by atoms with Crippen LogP contribution in [0.25, 0.3) is 11.3 Å². The number of hydrogen-bond donors (Lipinski definition) is 2. The molecule has 0 unspecified atom stereocenters. The Bertz CT molecular complexity index is 881. The van der Waals surface area contributed by atoms with Crippen LogP contribution in [-0.4, -0.2) is 55.7 Å². The molecule has 8 heteroatoms. The third kappa shape index (κ3) is 4.97. The number of guanidine groups is 1. The number of aliphatic imine (C=N–C) groups is 1. The van der Waals surface area contributed by atoms with Crippen LogP contribution in [0, 0.1) is 0 Å². The molecule has 0 bridgehead atoms. The quantitative estimate of drug-likeness (QED) is 0.463. The van der Waals surface area contributed by atoms with E-state index in [1.165, 1.54) is 0 Å². The number of aromatic amines is 1. The minimum Gasteiger partial charge on any atom is -0.357 e. The average Bonchev–Trinajstić information content (AvgIpc) is 3.37. The molecule has 0 fully saturated rings. The molecule has 0 aliphatic carbocycles. The monoisotopic (exact) mass is 380 g/mol. The summed E-state index contributed by atoms with van der Waals surface area (Å²) < 4.78 is 2.05. The molecule has 8 nitrogen and oxygen atoms in total. The van der Waals surface area contributed by atoms with Crippen LogP contribution in [0.4, 0.5) is 0 Å². The fourth-order valence-corrected chi connectivity index (χ4v) is 2.98. The molecular weight excluding hydrogens is 352 g/mol. The highest BCUT2D eigenvalue weighted by molar-refractivity contribution is 5.79. The van der Waals surface area contributed by atoms with Crippen molar-refractivity contribution >= 4 is 5.96 Å². The molecule has 0 aliphatic rings. The van der Waals surface area contributed by atoms with E-state index in [1.807, 2.05) is 36.0 Å². The molecule has 148 valence electrons. The van der Waals surface area contributed by atoms with Gasteiger partial charge in [0.2, 0.25) is 0 Å². The van der Waals surface area contributed by atoms with Crippen molar-refractivity contribution in [2.24, 2.45) is 4.99 Å². The second kappa shape index (κ2) is 9.68. The Labute approximate surface area is 165 Å². The summed E-state index contributed by atoms with van der Waals surface area (Å²) in [7, 11) is 2.02. The number of benzene rings is 1. The number of rotatable bonds is 8. The van der Waals surface area contributed by atoms with Crippen molar-refractivity contribution in [1.29, 1.82) is 0 Å². The molecule has 0 aliphatic heterocycles. The summed E-state index contributed by atoms with van der Waals surface area (Å²) in [6, 6.07) is 10.2. The molecule has 0 radical (unpaired) electrons. The summed E-state index contributed by atoms with van der Waals surface area (Å²) in [6.45, 7) is 7.02. The maximum Gasteiger partial charge on any atom is 0.194 e. The highest BCUT2D eigenvalue weighted by Crippen LogP contribution is 2.16. The van der Waals surface area contributed by atoms with E-state index in [-0.39, 0.29) is 0 Å². The van der Waals surface area contributed by atoms with Crippen LogP contribution in [0.5, 0.6) is 0 Å². The Kier molecular flexibility index (Phi) is 6.78. The summed E-state index contributed by atoms with van der Waals surface area (Å²) in [5, 5.41) is 11.4. The number of imidazole rings is 1. The van der Waals surface area contributed by atoms with Crippen LogP contribution < -0.4 is 5.32 Å². The normalized spacial score (nSPS) is 11.6. The summed E-state index contributed by atoms with van der Waals surface area (Å²) >= 11 is 0. The van der Waals surface area contributed by atoms with E-state index in [1.54, 1.807) is 6.33 Å². The topological polar surface area (TPSA) is 87.0 Å². The van der Waals surface area contributed by atoms with Crippen LogP contribution in [0.3, 0.4) is 0 Å². The Hall–Kier alpha value is -3.16. The van der Waals surface area contributed by atoms with Gasteiger partial charge in [-0.1, -0.05) is 37.3 Å². The van der Waals surface area contributed by atoms with Crippen molar-refractivity contribution in [2.75, 3.05) is 20.1 Å². The third-order valence-corrected chi connectivity index (χ3v) is 4.41. The van der Waals surface area contributed by atoms with Gasteiger partial charge in [-0.25, -0.2) is 4.98 Å². The van der Waals surface area contributed by atoms with E-state index in [0.717, 1.165) is 48.4 Å². The zero-order chi connectivity index (χ0) is 19.8. The SMILES string of the molecule is CCNC(=NCCn1cnnc1CC)N(C)Cc1ncc(-c2ccccc2)[nH]1. The van der Waals surface area contributed by atoms with Crippen molar-refractivity contribution in [2.45, 2.75) is 33.4 Å². The van der Waals surface area contributed by atoms with Crippen LogP contribution in [0.15, 0.2) is 47.8 Å². The molecule has 28 heavy (non-hydrogen) atoms. The van der Waals surface area contributed by atoms with Gasteiger partial charge in [0, 0.05) is 26.6 Å². The molecule has 0 atom stereocenters. The molecular formula is C20H28N8. The van der Waals surface area contributed by atoms with Gasteiger partial charge in [0.25, 0.3) is 0 Å². The maximum atomic E-state index is 4.74. The highest BCUT2D eigenvalue weighted by atomic mass is 15.3. The minimum atomic E-state index is 0.644. The van der Waals surface area contributed by atoms with Gasteiger partial charge in [0.1, 0.15) is 18.0 Å². The van der Waals surface area contributed by atoms with E-state index in [2.05, 4.69) is 56.4 Å². The van der Waals surface area contributed by atoms with E-state index in [0.29, 0.717) is 13.1 Å². The lowest BCUT2D eigenvalue weighted by Crippen LogP contribution is -2.39. The molecule has 0 spiro atoms. The molecule has 3 aromatic rings. The zero-order valence-electron chi connectivity index (χ0n) is 16.8. The zero-order valence-corrected chi connectivity index (χ0v) is 16.8. The molecule has 3 rings (SSSR count). The standard InChI is InChI=1S/C20H28N8/c1-4-19-26-24-15-28(19)12-11-22-20(21-5-2)27(3)14-18-23-13-17(25-18)16-9-7-6-8-10-16/h6-10,13,15H,4-5,11-12,14H2,1-3H3,(H,21,22)(H,23,25). The van der Waals surface area contributed by atoms with Crippen LogP contribution in [0.1, 0.15) is 25.5 Å². The van der Waals surface area contributed by atoms with E-state index in [9.17, 15) is 0 Å². The van der Waals surface area contributed by atoms with E-state index in [4.69, 9.17) is 4.99 Å². The smallest absolute Gasteiger partial charge is 0.194 e. The van der Waals surface area contributed by atoms with E-state index < -0.39 is 0 Å². The lowest BCUT2D eigenvalue weighted by molar-refractivity contribution is 0.463. The molecule has 2 N–H and O–H groups in total. The predicted octanol–water partition coefficient (Wildman–Crippen LogP) is 2.33. The number of H-pyrrole nitrogens is 1. The van der Waals surface area contributed by atoms with Gasteiger partial charge < -0.3 is 19.8 Å². The number of hydrogen-bond acceptors (Lipinski definition) is 4. The first-order chi connectivity index (χ1) is 13.7. The van der Waals surface area contributed by atoms with Crippen molar-refractivity contribution in [1.82, 2.24) is 34.9 Å². The minimum absolute atomic E-state index is 0.644. The third-order valence-electron chi connectivity index (χ3n) is 4.41. The fourth-order valence-electron chi connectivity index (χ4n) is 2.98. The molecule has 0 saturated heterocycles. The van der Waals surface area contributed by atoms with Gasteiger partial charge in [-0.2, -0.15) is 0 Å². The van der Waals surface area contributed by atoms with Gasteiger partial charge in [-0.3, -0.25) is 4.99 Å². The summed E-state index contributed by atoms with van der Waals surface area (Å²) in [6.07, 6.45) is 4.51. The molecule has 2 aromatic heterocycles. The van der Waals surface area contributed by atoms with E-state index >= 15 is 0 Å². The summed E-state index contributed by atoms with van der Waals surface area (Å²) in [5.74, 6) is 2.74. The summed E-state index contributed by atoms with van der Waals surface area (Å²) in [5.41, 5.74) is 2.15. The fraction of sp³-hybridized carbons (Fsp3) is 0.400. The molecule has 0 saturated carbocycles. The predicted molar refractivity (Wildman–Crippen MR) is 111 cm³/mol. The van der Waals surface area contributed by atoms with Gasteiger partial charge in [-0.05, 0) is 12.5 Å². The van der Waals surface area contributed by atoms with Gasteiger partial charge in [0.05, 0.1) is 25.0 Å². The second-order valence-electron chi connectivity index (χ2n) is 6.50. The first kappa shape index (κ1) is 19.6. The van der Waals surface area contributed by atoms with Gasteiger partial charge in [0.15, 0.2) is 5.96 Å². The molecule has 1 aromatic carbocycles.